The van der Waals surface area contributed by atoms with E-state index in [9.17, 15) is 8.42 Å². The fourth-order valence-electron chi connectivity index (χ4n) is 0.766. The van der Waals surface area contributed by atoms with Crippen molar-refractivity contribution in [2.24, 2.45) is 5.14 Å². The summed E-state index contributed by atoms with van der Waals surface area (Å²) >= 11 is 4.74. The van der Waals surface area contributed by atoms with Gasteiger partial charge in [-0.05, 0) is 28.9 Å². The number of hydrogen-bond acceptors (Lipinski definition) is 4. The van der Waals surface area contributed by atoms with E-state index in [2.05, 4.69) is 25.3 Å². The zero-order valence-electron chi connectivity index (χ0n) is 6.78. The van der Waals surface area contributed by atoms with E-state index in [1.807, 2.05) is 13.0 Å². The van der Waals surface area contributed by atoms with Gasteiger partial charge in [0.25, 0.3) is 0 Å². The van der Waals surface area contributed by atoms with Crippen LogP contribution in [0.3, 0.4) is 0 Å². The third-order valence-corrected chi connectivity index (χ3v) is 3.68. The average Bonchev–Trinajstić information content (AvgIpc) is 2.24. The second-order valence-electron chi connectivity index (χ2n) is 2.38. The van der Waals surface area contributed by atoms with Gasteiger partial charge in [-0.25, -0.2) is 5.14 Å². The number of aryl methyl sites for hydroxylation is 1. The molecule has 0 aromatic carbocycles. The highest BCUT2D eigenvalue weighted by Gasteiger charge is 2.08. The molecule has 0 unspecified atom stereocenters. The summed E-state index contributed by atoms with van der Waals surface area (Å²) in [5.41, 5.74) is 0. The van der Waals surface area contributed by atoms with Crippen LogP contribution in [0.4, 0.5) is 0 Å². The predicted molar refractivity (Wildman–Crippen MR) is 54.7 cm³/mol. The second kappa shape index (κ2) is 4.05. The number of halogens is 1. The Labute approximate surface area is 89.1 Å². The molecule has 0 bridgehead atoms. The van der Waals surface area contributed by atoms with Crippen molar-refractivity contribution >= 4 is 37.6 Å². The van der Waals surface area contributed by atoms with E-state index in [0.717, 1.165) is 14.2 Å². The normalized spacial score (nSPS) is 11.9. The van der Waals surface area contributed by atoms with E-state index >= 15 is 0 Å². The largest absolute Gasteiger partial charge is 0.333 e. The number of rotatable bonds is 3. The van der Waals surface area contributed by atoms with Crippen LogP contribution in [0.2, 0.25) is 0 Å². The predicted octanol–water partition coefficient (Wildman–Crippen LogP) is 1.54. The van der Waals surface area contributed by atoms with Crippen molar-refractivity contribution in [3.8, 4) is 0 Å². The standard InChI is InChI=1S/C6H8BrNO3S2/c1-4-2-5(7)6(12-4)3-11-13(8,9)10/h2H,3H2,1H3,(H2,8,9,10). The summed E-state index contributed by atoms with van der Waals surface area (Å²) in [4.78, 5) is 1.89. The average molecular weight is 286 g/mol. The van der Waals surface area contributed by atoms with E-state index in [1.54, 1.807) is 0 Å². The van der Waals surface area contributed by atoms with Gasteiger partial charge in [-0.1, -0.05) is 0 Å². The van der Waals surface area contributed by atoms with Gasteiger partial charge in [-0.3, -0.25) is 4.18 Å². The van der Waals surface area contributed by atoms with Crippen LogP contribution >= 0.6 is 27.3 Å². The van der Waals surface area contributed by atoms with Crippen molar-refractivity contribution in [2.75, 3.05) is 0 Å². The molecule has 4 nitrogen and oxygen atoms in total. The minimum Gasteiger partial charge on any atom is -0.253 e. The number of nitrogens with two attached hydrogens (primary N) is 1. The minimum atomic E-state index is -3.84. The van der Waals surface area contributed by atoms with E-state index < -0.39 is 10.3 Å². The smallest absolute Gasteiger partial charge is 0.253 e. The number of thiophene rings is 1. The van der Waals surface area contributed by atoms with Crippen molar-refractivity contribution in [1.29, 1.82) is 0 Å². The molecule has 0 fully saturated rings. The molecule has 0 saturated carbocycles. The lowest BCUT2D eigenvalue weighted by Crippen LogP contribution is -2.15. The van der Waals surface area contributed by atoms with Crippen LogP contribution in [-0.4, -0.2) is 8.42 Å². The molecular formula is C6H8BrNO3S2. The summed E-state index contributed by atoms with van der Waals surface area (Å²) < 4.78 is 26.2. The Morgan fingerprint density at radius 2 is 2.31 bits per heavy atom. The van der Waals surface area contributed by atoms with Gasteiger partial charge in [0.1, 0.15) is 6.61 Å². The fraction of sp³-hybridized carbons (Fsp3) is 0.333. The van der Waals surface area contributed by atoms with Crippen molar-refractivity contribution in [3.63, 3.8) is 0 Å². The fourth-order valence-corrected chi connectivity index (χ4v) is 2.81. The van der Waals surface area contributed by atoms with E-state index in [1.165, 1.54) is 11.3 Å². The maximum atomic E-state index is 10.5. The Balaban J connectivity index is 2.70. The molecule has 13 heavy (non-hydrogen) atoms. The molecule has 0 atom stereocenters. The van der Waals surface area contributed by atoms with Crippen molar-refractivity contribution < 1.29 is 12.6 Å². The molecule has 7 heteroatoms. The van der Waals surface area contributed by atoms with Crippen molar-refractivity contribution in [1.82, 2.24) is 0 Å². The Kier molecular flexibility index (Phi) is 3.47. The van der Waals surface area contributed by atoms with Crippen LogP contribution in [0, 0.1) is 6.92 Å². The summed E-state index contributed by atoms with van der Waals surface area (Å²) in [6.45, 7) is 1.91. The lowest BCUT2D eigenvalue weighted by atomic mass is 10.4. The molecule has 0 radical (unpaired) electrons. The lowest BCUT2D eigenvalue weighted by Gasteiger charge is -1.98. The first-order chi connectivity index (χ1) is 5.88. The van der Waals surface area contributed by atoms with Gasteiger partial charge < -0.3 is 0 Å². The third kappa shape index (κ3) is 3.74. The van der Waals surface area contributed by atoms with Gasteiger partial charge in [0.05, 0.1) is 0 Å². The summed E-state index contributed by atoms with van der Waals surface area (Å²) in [6, 6.07) is 1.90. The van der Waals surface area contributed by atoms with Gasteiger partial charge in [-0.15, -0.1) is 11.3 Å². The molecule has 74 valence electrons. The zero-order valence-corrected chi connectivity index (χ0v) is 10.0. The monoisotopic (exact) mass is 285 g/mol. The van der Waals surface area contributed by atoms with Crippen LogP contribution in [0.5, 0.6) is 0 Å². The van der Waals surface area contributed by atoms with Gasteiger partial charge in [-0.2, -0.15) is 8.42 Å². The lowest BCUT2D eigenvalue weighted by molar-refractivity contribution is 0.311. The summed E-state index contributed by atoms with van der Waals surface area (Å²) in [5, 5.41) is 4.68. The van der Waals surface area contributed by atoms with Gasteiger partial charge in [0, 0.05) is 14.2 Å². The molecular weight excluding hydrogens is 278 g/mol. The van der Waals surface area contributed by atoms with Gasteiger partial charge in [0.2, 0.25) is 0 Å². The van der Waals surface area contributed by atoms with Crippen LogP contribution < -0.4 is 5.14 Å². The molecule has 0 spiro atoms. The molecule has 0 saturated heterocycles. The maximum absolute atomic E-state index is 10.5. The van der Waals surface area contributed by atoms with Crippen LogP contribution in [0.15, 0.2) is 10.5 Å². The molecule has 0 aliphatic carbocycles. The molecule has 0 amide bonds. The van der Waals surface area contributed by atoms with E-state index in [-0.39, 0.29) is 6.61 Å². The van der Waals surface area contributed by atoms with Crippen LogP contribution in [0.1, 0.15) is 9.75 Å². The Morgan fingerprint density at radius 1 is 1.69 bits per heavy atom. The van der Waals surface area contributed by atoms with Crippen LogP contribution in [-0.2, 0) is 21.1 Å². The maximum Gasteiger partial charge on any atom is 0.333 e. The van der Waals surface area contributed by atoms with E-state index in [4.69, 9.17) is 0 Å². The highest BCUT2D eigenvalue weighted by molar-refractivity contribution is 9.10. The highest BCUT2D eigenvalue weighted by atomic mass is 79.9. The first kappa shape index (κ1) is 11.1. The molecule has 0 aliphatic heterocycles. The molecule has 2 N–H and O–H groups in total. The van der Waals surface area contributed by atoms with Gasteiger partial charge >= 0.3 is 10.3 Å². The molecule has 1 heterocycles. The third-order valence-electron chi connectivity index (χ3n) is 1.23. The Bertz CT molecular complexity index is 398. The van der Waals surface area contributed by atoms with Gasteiger partial charge in [0.15, 0.2) is 0 Å². The quantitative estimate of drug-likeness (QED) is 0.916. The molecule has 1 aromatic rings. The zero-order chi connectivity index (χ0) is 10.1. The topological polar surface area (TPSA) is 69.4 Å². The SMILES string of the molecule is Cc1cc(Br)c(COS(N)(=O)=O)s1. The minimum absolute atomic E-state index is 0.0159. The first-order valence-corrected chi connectivity index (χ1v) is 6.38. The summed E-state index contributed by atoms with van der Waals surface area (Å²) in [6.07, 6.45) is 0. The molecule has 0 aliphatic rings. The molecule has 1 rings (SSSR count). The van der Waals surface area contributed by atoms with Crippen molar-refractivity contribution in [2.45, 2.75) is 13.5 Å². The Hall–Kier alpha value is 0.0500. The summed E-state index contributed by atoms with van der Waals surface area (Å²) in [5.74, 6) is 0. The second-order valence-corrected chi connectivity index (χ2v) is 5.80. The van der Waals surface area contributed by atoms with E-state index in [0.29, 0.717) is 0 Å². The van der Waals surface area contributed by atoms with Crippen LogP contribution in [0.25, 0.3) is 0 Å². The van der Waals surface area contributed by atoms with Crippen molar-refractivity contribution in [3.05, 3.63) is 20.3 Å². The molecule has 1 aromatic heterocycles. The first-order valence-electron chi connectivity index (χ1n) is 3.30. The Morgan fingerprint density at radius 3 is 2.69 bits per heavy atom. The highest BCUT2D eigenvalue weighted by Crippen LogP contribution is 2.27. The summed E-state index contributed by atoms with van der Waals surface area (Å²) in [7, 11) is -3.84. The number of hydrogen-bond donors (Lipinski definition) is 1.